The van der Waals surface area contributed by atoms with E-state index in [4.69, 9.17) is 5.11 Å². The lowest BCUT2D eigenvalue weighted by atomic mass is 9.84. The smallest absolute Gasteiger partial charge is 0.416 e. The molecule has 2 aromatic rings. The van der Waals surface area contributed by atoms with Gasteiger partial charge in [0, 0.05) is 22.6 Å². The van der Waals surface area contributed by atoms with Gasteiger partial charge in [0.2, 0.25) is 0 Å². The second kappa shape index (κ2) is 8.82. The van der Waals surface area contributed by atoms with Crippen molar-refractivity contribution in [1.82, 2.24) is 4.90 Å². The quantitative estimate of drug-likeness (QED) is 0.530. The van der Waals surface area contributed by atoms with Gasteiger partial charge in [0.25, 0.3) is 0 Å². The Morgan fingerprint density at radius 2 is 1.75 bits per heavy atom. The van der Waals surface area contributed by atoms with E-state index in [2.05, 4.69) is 39.6 Å². The van der Waals surface area contributed by atoms with Crippen molar-refractivity contribution in [2.24, 2.45) is 5.92 Å². The number of carboxylic acids is 1. The zero-order valence-corrected chi connectivity index (χ0v) is 17.3. The average molecular weight is 503 g/mol. The predicted octanol–water partition coefficient (Wildman–Crippen LogP) is 5.74. The fraction of sp³-hybridized carbons (Fsp3) is 0.381. The maximum Gasteiger partial charge on any atom is 0.416 e. The van der Waals surface area contributed by atoms with Crippen LogP contribution in [0, 0.1) is 9.49 Å². The van der Waals surface area contributed by atoms with E-state index in [-0.39, 0.29) is 18.4 Å². The number of nitrogens with zero attached hydrogens (tertiary/aromatic N) is 1. The Morgan fingerprint density at radius 3 is 2.32 bits per heavy atom. The molecule has 0 amide bonds. The molecule has 0 aliphatic carbocycles. The minimum absolute atomic E-state index is 0.0257. The van der Waals surface area contributed by atoms with Crippen LogP contribution in [0.25, 0.3) is 0 Å². The Hall–Kier alpha value is -1.61. The first-order valence-corrected chi connectivity index (χ1v) is 10.2. The molecule has 3 nitrogen and oxygen atoms in total. The van der Waals surface area contributed by atoms with Gasteiger partial charge in [0.05, 0.1) is 5.56 Å². The molecule has 1 aliphatic rings. The van der Waals surface area contributed by atoms with Crippen molar-refractivity contribution >= 4 is 28.6 Å². The average Bonchev–Trinajstić information content (AvgIpc) is 2.64. The summed E-state index contributed by atoms with van der Waals surface area (Å²) >= 11 is 2.24. The molecule has 150 valence electrons. The number of rotatable bonds is 5. The summed E-state index contributed by atoms with van der Waals surface area (Å²) in [6, 6.07) is 13.3. The van der Waals surface area contributed by atoms with Crippen molar-refractivity contribution in [2.45, 2.75) is 38.0 Å². The summed E-state index contributed by atoms with van der Waals surface area (Å²) < 4.78 is 39.8. The fourth-order valence-electron chi connectivity index (χ4n) is 3.77. The normalized spacial score (nSPS) is 20.9. The van der Waals surface area contributed by atoms with Crippen LogP contribution in [0.15, 0.2) is 48.5 Å². The number of piperidine rings is 1. The van der Waals surface area contributed by atoms with Crippen LogP contribution < -0.4 is 0 Å². The molecule has 0 saturated carbocycles. The molecule has 0 aromatic heterocycles. The molecule has 7 heteroatoms. The maximum absolute atomic E-state index is 12.9. The van der Waals surface area contributed by atoms with Gasteiger partial charge in [-0.05, 0) is 83.3 Å². The molecule has 1 heterocycles. The number of hydrogen-bond acceptors (Lipinski definition) is 2. The molecule has 2 atom stereocenters. The standard InChI is InChI=1S/C21H21F3INO2/c22-21(23,24)17-5-3-16(4-6-17)19-11-15(12-20(27)28)9-10-26(19)13-14-1-7-18(25)8-2-14/h1-8,15,19H,9-13H2,(H,27,28)/t15-,19+/m1/s1. The van der Waals surface area contributed by atoms with E-state index in [0.29, 0.717) is 13.0 Å². The molecule has 0 bridgehead atoms. The van der Waals surface area contributed by atoms with Crippen LogP contribution in [0.4, 0.5) is 13.2 Å². The lowest BCUT2D eigenvalue weighted by molar-refractivity contribution is -0.139. The Balaban J connectivity index is 1.83. The topological polar surface area (TPSA) is 40.5 Å². The van der Waals surface area contributed by atoms with Crippen molar-refractivity contribution in [3.8, 4) is 0 Å². The highest BCUT2D eigenvalue weighted by Crippen LogP contribution is 2.38. The van der Waals surface area contributed by atoms with Crippen LogP contribution in [0.2, 0.25) is 0 Å². The van der Waals surface area contributed by atoms with Gasteiger partial charge in [-0.2, -0.15) is 13.2 Å². The molecule has 0 spiro atoms. The monoisotopic (exact) mass is 503 g/mol. The van der Waals surface area contributed by atoms with E-state index in [9.17, 15) is 18.0 Å². The summed E-state index contributed by atoms with van der Waals surface area (Å²) in [6.07, 6.45) is -2.87. The number of aliphatic carboxylic acids is 1. The predicted molar refractivity (Wildman–Crippen MR) is 109 cm³/mol. The van der Waals surface area contributed by atoms with E-state index in [0.717, 1.165) is 39.8 Å². The van der Waals surface area contributed by atoms with Crippen molar-refractivity contribution in [3.63, 3.8) is 0 Å². The van der Waals surface area contributed by atoms with E-state index in [1.165, 1.54) is 12.1 Å². The van der Waals surface area contributed by atoms with Crippen LogP contribution in [0.3, 0.4) is 0 Å². The van der Waals surface area contributed by atoms with Crippen LogP contribution >= 0.6 is 22.6 Å². The molecule has 3 rings (SSSR count). The molecular weight excluding hydrogens is 482 g/mol. The summed E-state index contributed by atoms with van der Waals surface area (Å²) in [6.45, 7) is 1.40. The first kappa shape index (κ1) is 21.1. The maximum atomic E-state index is 12.9. The third kappa shape index (κ3) is 5.47. The van der Waals surface area contributed by atoms with Crippen LogP contribution in [-0.4, -0.2) is 22.5 Å². The summed E-state index contributed by atoms with van der Waals surface area (Å²) in [7, 11) is 0. The van der Waals surface area contributed by atoms with Crippen molar-refractivity contribution in [1.29, 1.82) is 0 Å². The third-order valence-corrected chi connectivity index (χ3v) is 5.93. The van der Waals surface area contributed by atoms with Gasteiger partial charge in [-0.1, -0.05) is 24.3 Å². The molecule has 1 saturated heterocycles. The number of alkyl halides is 3. The lowest BCUT2D eigenvalue weighted by Crippen LogP contribution is -2.37. The Labute approximate surface area is 175 Å². The molecule has 2 aromatic carbocycles. The number of hydrogen-bond donors (Lipinski definition) is 1. The van der Waals surface area contributed by atoms with E-state index >= 15 is 0 Å². The van der Waals surface area contributed by atoms with Gasteiger partial charge in [-0.25, -0.2) is 0 Å². The molecule has 1 aliphatic heterocycles. The molecule has 0 unspecified atom stereocenters. The Bertz CT molecular complexity index is 806. The van der Waals surface area contributed by atoms with Crippen molar-refractivity contribution in [3.05, 3.63) is 68.8 Å². The van der Waals surface area contributed by atoms with Gasteiger partial charge in [-0.3, -0.25) is 9.69 Å². The zero-order valence-electron chi connectivity index (χ0n) is 15.1. The van der Waals surface area contributed by atoms with Gasteiger partial charge < -0.3 is 5.11 Å². The molecular formula is C21H21F3INO2. The minimum atomic E-state index is -4.36. The molecule has 1 fully saturated rings. The van der Waals surface area contributed by atoms with E-state index in [1.54, 1.807) is 0 Å². The van der Waals surface area contributed by atoms with Gasteiger partial charge >= 0.3 is 12.1 Å². The van der Waals surface area contributed by atoms with Crippen molar-refractivity contribution in [2.75, 3.05) is 6.54 Å². The van der Waals surface area contributed by atoms with Gasteiger partial charge in [0.1, 0.15) is 0 Å². The number of benzene rings is 2. The Morgan fingerprint density at radius 1 is 1.11 bits per heavy atom. The number of carboxylic acid groups (broad SMARTS) is 1. The second-order valence-electron chi connectivity index (χ2n) is 7.22. The highest BCUT2D eigenvalue weighted by Gasteiger charge is 2.33. The highest BCUT2D eigenvalue weighted by molar-refractivity contribution is 14.1. The highest BCUT2D eigenvalue weighted by atomic mass is 127. The van der Waals surface area contributed by atoms with E-state index < -0.39 is 17.7 Å². The summed E-state index contributed by atoms with van der Waals surface area (Å²) in [4.78, 5) is 13.4. The molecule has 0 radical (unpaired) electrons. The summed E-state index contributed by atoms with van der Waals surface area (Å²) in [5, 5.41) is 9.14. The second-order valence-corrected chi connectivity index (χ2v) is 8.47. The fourth-order valence-corrected chi connectivity index (χ4v) is 4.13. The minimum Gasteiger partial charge on any atom is -0.481 e. The SMILES string of the molecule is O=C(O)C[C@@H]1CCN(Cc2ccc(I)cc2)[C@H](c2ccc(C(F)(F)F)cc2)C1. The Kier molecular flexibility index (Phi) is 6.65. The van der Waals surface area contributed by atoms with E-state index in [1.807, 2.05) is 12.1 Å². The van der Waals surface area contributed by atoms with Gasteiger partial charge in [-0.15, -0.1) is 0 Å². The van der Waals surface area contributed by atoms with Crippen LogP contribution in [0.1, 0.15) is 42.0 Å². The first-order chi connectivity index (χ1) is 13.2. The van der Waals surface area contributed by atoms with Crippen LogP contribution in [0.5, 0.6) is 0 Å². The molecule has 1 N–H and O–H groups in total. The number of carbonyl (C=O) groups is 1. The summed E-state index contributed by atoms with van der Waals surface area (Å²) in [5.41, 5.74) is 1.26. The molecule has 28 heavy (non-hydrogen) atoms. The van der Waals surface area contributed by atoms with Crippen molar-refractivity contribution < 1.29 is 23.1 Å². The zero-order chi connectivity index (χ0) is 20.3. The van der Waals surface area contributed by atoms with Gasteiger partial charge in [0.15, 0.2) is 0 Å². The summed E-state index contributed by atoms with van der Waals surface area (Å²) in [5.74, 6) is -0.806. The lowest BCUT2D eigenvalue weighted by Gasteiger charge is -2.39. The third-order valence-electron chi connectivity index (χ3n) is 5.21. The number of likely N-dealkylation sites (tertiary alicyclic amines) is 1. The largest absolute Gasteiger partial charge is 0.481 e. The van der Waals surface area contributed by atoms with Crippen LogP contribution in [-0.2, 0) is 17.5 Å². The number of halogens is 4. The first-order valence-electron chi connectivity index (χ1n) is 9.10.